The molecule has 0 saturated heterocycles. The average Bonchev–Trinajstić information content (AvgIpc) is 2.92. The van der Waals surface area contributed by atoms with Gasteiger partial charge in [0.05, 0.1) is 7.11 Å². The van der Waals surface area contributed by atoms with Crippen LogP contribution in [0, 0.1) is 5.92 Å². The number of hydrogen-bond acceptors (Lipinski definition) is 4. The van der Waals surface area contributed by atoms with E-state index in [1.807, 2.05) is 13.8 Å². The summed E-state index contributed by atoms with van der Waals surface area (Å²) in [5, 5.41) is 2.75. The molecule has 0 aromatic heterocycles. The standard InChI is InChI=1S/C17H21NO4/c1-4-10(2)15(17(21)22-3)18-16(20)13-7-5-6-12-11(13)8-9-14(12)19/h5-7,10,15H,4,8-9H2,1-3H3,(H,18,20)/t10-,15-/m0/s1. The Morgan fingerprint density at radius 2 is 2.05 bits per heavy atom. The number of esters is 1. The minimum atomic E-state index is -0.685. The molecule has 1 amide bonds. The smallest absolute Gasteiger partial charge is 0.328 e. The molecule has 0 fully saturated rings. The van der Waals surface area contributed by atoms with Gasteiger partial charge in [0.2, 0.25) is 0 Å². The molecule has 0 aliphatic heterocycles. The van der Waals surface area contributed by atoms with Crippen molar-refractivity contribution in [2.45, 2.75) is 39.2 Å². The molecule has 1 aromatic rings. The summed E-state index contributed by atoms with van der Waals surface area (Å²) in [6.07, 6.45) is 1.75. The summed E-state index contributed by atoms with van der Waals surface area (Å²) in [4.78, 5) is 36.2. The highest BCUT2D eigenvalue weighted by Gasteiger charge is 2.29. The topological polar surface area (TPSA) is 72.5 Å². The molecule has 0 unspecified atom stereocenters. The Morgan fingerprint density at radius 3 is 2.68 bits per heavy atom. The van der Waals surface area contributed by atoms with E-state index in [-0.39, 0.29) is 17.6 Å². The number of methoxy groups -OCH3 is 1. The Balaban J connectivity index is 2.25. The van der Waals surface area contributed by atoms with Crippen LogP contribution in [0.3, 0.4) is 0 Å². The van der Waals surface area contributed by atoms with E-state index in [4.69, 9.17) is 4.74 Å². The fraction of sp³-hybridized carbons (Fsp3) is 0.471. The zero-order chi connectivity index (χ0) is 16.3. The third-order valence-corrected chi connectivity index (χ3v) is 4.28. The molecular weight excluding hydrogens is 282 g/mol. The molecule has 0 heterocycles. The van der Waals surface area contributed by atoms with Crippen molar-refractivity contribution < 1.29 is 19.1 Å². The predicted molar refractivity (Wildman–Crippen MR) is 81.8 cm³/mol. The van der Waals surface area contributed by atoms with Crippen LogP contribution in [0.1, 0.15) is 53.0 Å². The monoisotopic (exact) mass is 303 g/mol. The third-order valence-electron chi connectivity index (χ3n) is 4.28. The summed E-state index contributed by atoms with van der Waals surface area (Å²) < 4.78 is 4.77. The molecule has 1 aromatic carbocycles. The van der Waals surface area contributed by atoms with E-state index in [1.54, 1.807) is 18.2 Å². The highest BCUT2D eigenvalue weighted by Crippen LogP contribution is 2.25. The van der Waals surface area contributed by atoms with Crippen LogP contribution in [-0.2, 0) is 16.0 Å². The lowest BCUT2D eigenvalue weighted by molar-refractivity contribution is -0.144. The molecule has 5 heteroatoms. The first-order chi connectivity index (χ1) is 10.5. The molecule has 1 aliphatic rings. The van der Waals surface area contributed by atoms with Crippen molar-refractivity contribution >= 4 is 17.7 Å². The number of Topliss-reactive ketones (excluding diaryl/α,β-unsaturated/α-hetero) is 1. The Hall–Kier alpha value is -2.17. The fourth-order valence-corrected chi connectivity index (χ4v) is 2.72. The quantitative estimate of drug-likeness (QED) is 0.846. The van der Waals surface area contributed by atoms with E-state index in [1.165, 1.54) is 7.11 Å². The number of ketones is 1. The fourth-order valence-electron chi connectivity index (χ4n) is 2.72. The summed E-state index contributed by atoms with van der Waals surface area (Å²) >= 11 is 0. The van der Waals surface area contributed by atoms with Crippen molar-refractivity contribution in [3.05, 3.63) is 34.9 Å². The molecule has 2 atom stereocenters. The maximum absolute atomic E-state index is 12.5. The van der Waals surface area contributed by atoms with E-state index >= 15 is 0 Å². The largest absolute Gasteiger partial charge is 0.467 e. The molecular formula is C17H21NO4. The maximum atomic E-state index is 12.5. The van der Waals surface area contributed by atoms with Crippen molar-refractivity contribution in [3.8, 4) is 0 Å². The van der Waals surface area contributed by atoms with Gasteiger partial charge in [0.15, 0.2) is 5.78 Å². The van der Waals surface area contributed by atoms with Crippen molar-refractivity contribution in [3.63, 3.8) is 0 Å². The number of fused-ring (bicyclic) bond motifs is 1. The van der Waals surface area contributed by atoms with Gasteiger partial charge in [-0.25, -0.2) is 4.79 Å². The molecule has 1 N–H and O–H groups in total. The molecule has 1 aliphatic carbocycles. The van der Waals surface area contributed by atoms with Crippen LogP contribution in [0.4, 0.5) is 0 Å². The van der Waals surface area contributed by atoms with E-state index in [0.717, 1.165) is 12.0 Å². The van der Waals surface area contributed by atoms with Crippen molar-refractivity contribution in [2.24, 2.45) is 5.92 Å². The number of nitrogens with one attached hydrogen (secondary N) is 1. The van der Waals surface area contributed by atoms with E-state index in [2.05, 4.69) is 5.32 Å². The highest BCUT2D eigenvalue weighted by molar-refractivity contribution is 6.06. The van der Waals surface area contributed by atoms with Gasteiger partial charge in [0.25, 0.3) is 5.91 Å². The average molecular weight is 303 g/mol. The van der Waals surface area contributed by atoms with Crippen molar-refractivity contribution in [1.82, 2.24) is 5.32 Å². The van der Waals surface area contributed by atoms with Crippen LogP contribution < -0.4 is 5.32 Å². The Kier molecular flexibility index (Phi) is 4.96. The van der Waals surface area contributed by atoms with Gasteiger partial charge >= 0.3 is 5.97 Å². The van der Waals surface area contributed by atoms with Crippen LogP contribution >= 0.6 is 0 Å². The first-order valence-electron chi connectivity index (χ1n) is 7.53. The lowest BCUT2D eigenvalue weighted by Gasteiger charge is -2.22. The van der Waals surface area contributed by atoms with Crippen LogP contribution in [0.5, 0.6) is 0 Å². The third kappa shape index (κ3) is 3.03. The first-order valence-corrected chi connectivity index (χ1v) is 7.53. The molecule has 2 rings (SSSR count). The molecule has 0 spiro atoms. The molecule has 0 saturated carbocycles. The van der Waals surface area contributed by atoms with Gasteiger partial charge in [-0.3, -0.25) is 9.59 Å². The molecule has 22 heavy (non-hydrogen) atoms. The lowest BCUT2D eigenvalue weighted by Crippen LogP contribution is -2.45. The van der Waals surface area contributed by atoms with E-state index < -0.39 is 12.0 Å². The van der Waals surface area contributed by atoms with Gasteiger partial charge in [-0.1, -0.05) is 32.4 Å². The van der Waals surface area contributed by atoms with Gasteiger partial charge in [-0.05, 0) is 24.0 Å². The number of carbonyl (C=O) groups excluding carboxylic acids is 3. The van der Waals surface area contributed by atoms with Crippen LogP contribution in [0.25, 0.3) is 0 Å². The van der Waals surface area contributed by atoms with Gasteiger partial charge < -0.3 is 10.1 Å². The maximum Gasteiger partial charge on any atom is 0.328 e. The van der Waals surface area contributed by atoms with Crippen molar-refractivity contribution in [2.75, 3.05) is 7.11 Å². The highest BCUT2D eigenvalue weighted by atomic mass is 16.5. The second kappa shape index (κ2) is 6.73. The number of ether oxygens (including phenoxy) is 1. The summed E-state index contributed by atoms with van der Waals surface area (Å²) in [7, 11) is 1.31. The predicted octanol–water partition coefficient (Wildman–Crippen LogP) is 2.13. The summed E-state index contributed by atoms with van der Waals surface area (Å²) in [6.45, 7) is 3.84. The molecule has 0 bridgehead atoms. The van der Waals surface area contributed by atoms with E-state index in [9.17, 15) is 14.4 Å². The molecule has 0 radical (unpaired) electrons. The van der Waals surface area contributed by atoms with Gasteiger partial charge in [-0.15, -0.1) is 0 Å². The lowest BCUT2D eigenvalue weighted by atomic mass is 9.97. The number of carbonyl (C=O) groups is 3. The number of hydrogen-bond donors (Lipinski definition) is 1. The number of rotatable bonds is 5. The van der Waals surface area contributed by atoms with Crippen LogP contribution in [0.15, 0.2) is 18.2 Å². The Bertz CT molecular complexity index is 609. The molecule has 118 valence electrons. The normalized spacial score (nSPS) is 15.9. The van der Waals surface area contributed by atoms with Gasteiger partial charge in [0, 0.05) is 17.5 Å². The first kappa shape index (κ1) is 16.2. The Morgan fingerprint density at radius 1 is 1.32 bits per heavy atom. The Labute approximate surface area is 130 Å². The number of benzene rings is 1. The summed E-state index contributed by atoms with van der Waals surface area (Å²) in [6, 6.07) is 4.45. The van der Waals surface area contributed by atoms with Crippen LogP contribution in [-0.4, -0.2) is 30.8 Å². The number of amides is 1. The minimum Gasteiger partial charge on any atom is -0.467 e. The van der Waals surface area contributed by atoms with Gasteiger partial charge in [0.1, 0.15) is 6.04 Å². The SMILES string of the molecule is CC[C@H](C)[C@H](NC(=O)c1cccc2c1CCC2=O)C(=O)OC. The second-order valence-electron chi connectivity index (χ2n) is 5.61. The zero-order valence-corrected chi connectivity index (χ0v) is 13.1. The minimum absolute atomic E-state index is 0.0326. The summed E-state index contributed by atoms with van der Waals surface area (Å²) in [5.74, 6) is -0.750. The molecule has 5 nitrogen and oxygen atoms in total. The van der Waals surface area contributed by atoms with Crippen molar-refractivity contribution in [1.29, 1.82) is 0 Å². The summed E-state index contributed by atoms with van der Waals surface area (Å²) in [5.41, 5.74) is 1.86. The van der Waals surface area contributed by atoms with Gasteiger partial charge in [-0.2, -0.15) is 0 Å². The second-order valence-corrected chi connectivity index (χ2v) is 5.61. The van der Waals surface area contributed by atoms with Crippen LogP contribution in [0.2, 0.25) is 0 Å². The van der Waals surface area contributed by atoms with E-state index in [0.29, 0.717) is 24.0 Å². The zero-order valence-electron chi connectivity index (χ0n) is 13.1.